The van der Waals surface area contributed by atoms with Gasteiger partial charge in [0.15, 0.2) is 17.7 Å². The number of hydrogen-bond acceptors (Lipinski definition) is 2. The number of carbonyl (C=O) groups excluding carboxylic acids is 1. The van der Waals surface area contributed by atoms with E-state index in [1.54, 1.807) is 29.8 Å². The van der Waals surface area contributed by atoms with Crippen LogP contribution in [0.5, 0.6) is 0 Å². The van der Waals surface area contributed by atoms with Gasteiger partial charge in [-0.15, -0.1) is 0 Å². The monoisotopic (exact) mass is 217 g/mol. The van der Waals surface area contributed by atoms with Gasteiger partial charge in [-0.1, -0.05) is 12.1 Å². The maximum atomic E-state index is 13.4. The Balaban J connectivity index is 2.55. The Bertz CT molecular complexity index is 709. The van der Waals surface area contributed by atoms with E-state index in [-0.39, 0.29) is 11.4 Å². The van der Waals surface area contributed by atoms with Crippen LogP contribution in [0.3, 0.4) is 0 Å². The number of rotatable bonds is 1. The number of carbonyl (C=O) groups is 1. The Labute approximate surface area is 90.1 Å². The number of aldehydes is 1. The molecule has 0 atom stereocenters. The highest BCUT2D eigenvalue weighted by Gasteiger charge is 2.15. The molecule has 3 rings (SSSR count). The first-order chi connectivity index (χ1) is 7.72. The van der Waals surface area contributed by atoms with Crippen molar-refractivity contribution in [3.05, 3.63) is 35.8 Å². The summed E-state index contributed by atoms with van der Waals surface area (Å²) < 4.78 is 20.5. The lowest BCUT2D eigenvalue weighted by Gasteiger charge is -1.93. The van der Waals surface area contributed by atoms with E-state index in [1.807, 2.05) is 0 Å². The molecule has 0 saturated carbocycles. The van der Waals surface area contributed by atoms with Gasteiger partial charge in [0.1, 0.15) is 0 Å². The van der Waals surface area contributed by atoms with Gasteiger partial charge in [-0.25, -0.2) is 4.39 Å². The molecule has 1 aromatic carbocycles. The fourth-order valence-corrected chi connectivity index (χ4v) is 1.96. The predicted octanol–water partition coefficient (Wildman–Crippen LogP) is 2.88. The van der Waals surface area contributed by atoms with Crippen molar-refractivity contribution in [2.45, 2.75) is 0 Å². The third-order valence-electron chi connectivity index (χ3n) is 2.79. The largest absolute Gasteiger partial charge is 0.436 e. The van der Waals surface area contributed by atoms with Gasteiger partial charge in [0.2, 0.25) is 5.71 Å². The topological polar surface area (TPSA) is 35.1 Å². The highest BCUT2D eigenvalue weighted by atomic mass is 19.1. The van der Waals surface area contributed by atoms with E-state index in [4.69, 9.17) is 4.42 Å². The smallest absolute Gasteiger partial charge is 0.208 e. The van der Waals surface area contributed by atoms with Gasteiger partial charge in [0.05, 0.1) is 5.69 Å². The van der Waals surface area contributed by atoms with Crippen LogP contribution >= 0.6 is 0 Å². The number of furan rings is 1. The summed E-state index contributed by atoms with van der Waals surface area (Å²) in [5.41, 5.74) is 1.27. The molecule has 80 valence electrons. The van der Waals surface area contributed by atoms with E-state index in [2.05, 4.69) is 0 Å². The number of halogens is 1. The summed E-state index contributed by atoms with van der Waals surface area (Å²) in [6.45, 7) is 0. The first-order valence-electron chi connectivity index (χ1n) is 4.84. The lowest BCUT2D eigenvalue weighted by atomic mass is 10.2. The van der Waals surface area contributed by atoms with Gasteiger partial charge in [0.25, 0.3) is 0 Å². The SMILES string of the molecule is Cn1c(C=O)cc2c3cccc(F)c3oc21. The molecule has 0 aliphatic carbocycles. The maximum absolute atomic E-state index is 13.4. The minimum absolute atomic E-state index is 0.237. The highest BCUT2D eigenvalue weighted by Crippen LogP contribution is 2.31. The number of aromatic nitrogens is 1. The van der Waals surface area contributed by atoms with Crippen LogP contribution in [0.1, 0.15) is 10.5 Å². The Kier molecular flexibility index (Phi) is 1.68. The Morgan fingerprint density at radius 2 is 2.19 bits per heavy atom. The summed E-state index contributed by atoms with van der Waals surface area (Å²) in [7, 11) is 1.71. The van der Waals surface area contributed by atoms with E-state index in [0.717, 1.165) is 11.7 Å². The zero-order valence-corrected chi connectivity index (χ0v) is 8.53. The van der Waals surface area contributed by atoms with Crippen molar-refractivity contribution in [1.82, 2.24) is 4.57 Å². The second kappa shape index (κ2) is 2.95. The predicted molar refractivity (Wildman–Crippen MR) is 58.0 cm³/mol. The van der Waals surface area contributed by atoms with Crippen LogP contribution in [-0.4, -0.2) is 10.9 Å². The summed E-state index contributed by atoms with van der Waals surface area (Å²) in [6, 6.07) is 6.46. The number of fused-ring (bicyclic) bond motifs is 3. The molecule has 0 fully saturated rings. The molecule has 2 aromatic heterocycles. The van der Waals surface area contributed by atoms with Gasteiger partial charge >= 0.3 is 0 Å². The van der Waals surface area contributed by atoms with Crippen molar-refractivity contribution in [3.63, 3.8) is 0 Å². The van der Waals surface area contributed by atoms with Gasteiger partial charge in [-0.3, -0.25) is 4.79 Å². The lowest BCUT2D eigenvalue weighted by molar-refractivity contribution is 0.111. The maximum Gasteiger partial charge on any atom is 0.208 e. The van der Waals surface area contributed by atoms with Crippen molar-refractivity contribution < 1.29 is 13.6 Å². The van der Waals surface area contributed by atoms with E-state index >= 15 is 0 Å². The van der Waals surface area contributed by atoms with Crippen molar-refractivity contribution in [1.29, 1.82) is 0 Å². The van der Waals surface area contributed by atoms with Crippen LogP contribution in [0.2, 0.25) is 0 Å². The summed E-state index contributed by atoms with van der Waals surface area (Å²) in [4.78, 5) is 10.8. The summed E-state index contributed by atoms with van der Waals surface area (Å²) in [5, 5.41) is 1.46. The molecular weight excluding hydrogens is 209 g/mol. The van der Waals surface area contributed by atoms with Gasteiger partial charge in [-0.05, 0) is 12.1 Å². The molecular formula is C12H8FNO2. The lowest BCUT2D eigenvalue weighted by Crippen LogP contribution is -1.92. The number of aryl methyl sites for hydroxylation is 1. The van der Waals surface area contributed by atoms with E-state index in [1.165, 1.54) is 6.07 Å². The number of benzene rings is 1. The van der Waals surface area contributed by atoms with Crippen molar-refractivity contribution in [3.8, 4) is 0 Å². The van der Waals surface area contributed by atoms with Gasteiger partial charge in [0, 0.05) is 17.8 Å². The van der Waals surface area contributed by atoms with E-state index in [0.29, 0.717) is 16.8 Å². The second-order valence-corrected chi connectivity index (χ2v) is 3.68. The van der Waals surface area contributed by atoms with Gasteiger partial charge in [-0.2, -0.15) is 0 Å². The second-order valence-electron chi connectivity index (χ2n) is 3.68. The molecule has 4 heteroatoms. The number of para-hydroxylation sites is 1. The van der Waals surface area contributed by atoms with Crippen molar-refractivity contribution >= 4 is 28.4 Å². The quantitative estimate of drug-likeness (QED) is 0.587. The zero-order chi connectivity index (χ0) is 11.3. The van der Waals surface area contributed by atoms with Crippen LogP contribution in [0.4, 0.5) is 4.39 Å². The van der Waals surface area contributed by atoms with Crippen LogP contribution in [0, 0.1) is 5.82 Å². The molecule has 3 aromatic rings. The molecule has 0 radical (unpaired) electrons. The normalized spacial score (nSPS) is 11.4. The number of hydrogen-bond donors (Lipinski definition) is 0. The van der Waals surface area contributed by atoms with E-state index in [9.17, 15) is 9.18 Å². The van der Waals surface area contributed by atoms with Crippen LogP contribution in [-0.2, 0) is 7.05 Å². The molecule has 0 spiro atoms. The average molecular weight is 217 g/mol. The van der Waals surface area contributed by atoms with Crippen LogP contribution < -0.4 is 0 Å². The molecule has 3 nitrogen and oxygen atoms in total. The number of nitrogens with zero attached hydrogens (tertiary/aromatic N) is 1. The van der Waals surface area contributed by atoms with Crippen molar-refractivity contribution in [2.24, 2.45) is 7.05 Å². The molecule has 0 unspecified atom stereocenters. The van der Waals surface area contributed by atoms with E-state index < -0.39 is 0 Å². The summed E-state index contributed by atoms with van der Waals surface area (Å²) in [6.07, 6.45) is 0.751. The molecule has 0 saturated heterocycles. The first-order valence-corrected chi connectivity index (χ1v) is 4.84. The third-order valence-corrected chi connectivity index (χ3v) is 2.79. The molecule has 0 bridgehead atoms. The first kappa shape index (κ1) is 9.15. The fraction of sp³-hybridized carbons (Fsp3) is 0.0833. The zero-order valence-electron chi connectivity index (χ0n) is 8.53. The van der Waals surface area contributed by atoms with Crippen LogP contribution in [0.15, 0.2) is 28.7 Å². The average Bonchev–Trinajstić information content (AvgIpc) is 2.78. The molecule has 2 heterocycles. The summed E-state index contributed by atoms with van der Waals surface area (Å²) >= 11 is 0. The van der Waals surface area contributed by atoms with Gasteiger partial charge < -0.3 is 8.98 Å². The Morgan fingerprint density at radius 3 is 2.94 bits per heavy atom. The van der Waals surface area contributed by atoms with Crippen molar-refractivity contribution in [2.75, 3.05) is 0 Å². The molecule has 0 aliphatic rings. The molecule has 16 heavy (non-hydrogen) atoms. The standard InChI is InChI=1S/C12H8FNO2/c1-14-7(6-15)5-9-8-3-2-4-10(13)11(8)16-12(9)14/h2-6H,1H3. The minimum Gasteiger partial charge on any atom is -0.436 e. The highest BCUT2D eigenvalue weighted by molar-refractivity contribution is 6.06. The molecule has 0 aliphatic heterocycles. The fourth-order valence-electron chi connectivity index (χ4n) is 1.96. The minimum atomic E-state index is -0.388. The molecule has 0 amide bonds. The third kappa shape index (κ3) is 0.984. The van der Waals surface area contributed by atoms with Crippen LogP contribution in [0.25, 0.3) is 22.1 Å². The summed E-state index contributed by atoms with van der Waals surface area (Å²) in [5.74, 6) is -0.388. The molecule has 0 N–H and O–H groups in total. The Hall–Kier alpha value is -2.10. The Morgan fingerprint density at radius 1 is 1.38 bits per heavy atom.